The Labute approximate surface area is 218 Å². The van der Waals surface area contributed by atoms with Gasteiger partial charge in [0.1, 0.15) is 9.79 Å². The molecular weight excluding hydrogens is 496 g/mol. The van der Waals surface area contributed by atoms with Gasteiger partial charge < -0.3 is 0 Å². The third-order valence-electron chi connectivity index (χ3n) is 6.66. The SMILES string of the molecule is CC(C)CCCCCCc1cc(S(=O)(=O)O)c2cc(CCCCCCC(C)C)cc(S(=O)(=O)O)c2c1. The molecule has 0 fully saturated rings. The Morgan fingerprint density at radius 2 is 0.889 bits per heavy atom. The van der Waals surface area contributed by atoms with Gasteiger partial charge in [-0.3, -0.25) is 9.11 Å². The van der Waals surface area contributed by atoms with E-state index in [1.54, 1.807) is 12.1 Å². The van der Waals surface area contributed by atoms with Crippen molar-refractivity contribution >= 4 is 31.0 Å². The van der Waals surface area contributed by atoms with Gasteiger partial charge in [0.05, 0.1) is 0 Å². The second-order valence-corrected chi connectivity index (χ2v) is 13.7. The van der Waals surface area contributed by atoms with E-state index in [1.807, 2.05) is 0 Å². The van der Waals surface area contributed by atoms with E-state index in [0.717, 1.165) is 51.4 Å². The van der Waals surface area contributed by atoms with Crippen molar-refractivity contribution in [1.82, 2.24) is 0 Å². The van der Waals surface area contributed by atoms with Crippen LogP contribution >= 0.6 is 0 Å². The average molecular weight is 541 g/mol. The fourth-order valence-corrected chi connectivity index (χ4v) is 6.19. The first-order chi connectivity index (χ1) is 16.8. The van der Waals surface area contributed by atoms with Crippen LogP contribution in [0.1, 0.15) is 103 Å². The van der Waals surface area contributed by atoms with Crippen LogP contribution in [0.5, 0.6) is 0 Å². The van der Waals surface area contributed by atoms with Gasteiger partial charge >= 0.3 is 0 Å². The lowest BCUT2D eigenvalue weighted by molar-refractivity contribution is 0.480. The zero-order chi connectivity index (χ0) is 26.9. The molecule has 204 valence electrons. The Morgan fingerprint density at radius 3 is 1.19 bits per heavy atom. The van der Waals surface area contributed by atoms with Crippen molar-refractivity contribution in [1.29, 1.82) is 0 Å². The van der Waals surface area contributed by atoms with Crippen LogP contribution in [-0.4, -0.2) is 25.9 Å². The van der Waals surface area contributed by atoms with Crippen LogP contribution < -0.4 is 0 Å². The number of rotatable bonds is 16. The monoisotopic (exact) mass is 540 g/mol. The minimum atomic E-state index is -4.60. The molecule has 2 aromatic rings. The lowest BCUT2D eigenvalue weighted by Crippen LogP contribution is -2.06. The minimum absolute atomic E-state index is 0.128. The molecule has 6 nitrogen and oxygen atoms in total. The first-order valence-corrected chi connectivity index (χ1v) is 16.2. The molecule has 2 N–H and O–H groups in total. The molecule has 36 heavy (non-hydrogen) atoms. The molecule has 0 atom stereocenters. The molecule has 0 amide bonds. The molecule has 0 saturated carbocycles. The van der Waals surface area contributed by atoms with Crippen LogP contribution in [0.2, 0.25) is 0 Å². The minimum Gasteiger partial charge on any atom is -0.282 e. The Morgan fingerprint density at radius 1 is 0.556 bits per heavy atom. The van der Waals surface area contributed by atoms with E-state index in [4.69, 9.17) is 0 Å². The maximum Gasteiger partial charge on any atom is 0.295 e. The zero-order valence-electron chi connectivity index (χ0n) is 22.3. The normalized spacial score (nSPS) is 12.8. The van der Waals surface area contributed by atoms with Crippen molar-refractivity contribution in [3.05, 3.63) is 35.4 Å². The fourth-order valence-electron chi connectivity index (χ4n) is 4.70. The van der Waals surface area contributed by atoms with Gasteiger partial charge in [0.25, 0.3) is 20.2 Å². The van der Waals surface area contributed by atoms with Gasteiger partial charge in [-0.2, -0.15) is 16.8 Å². The highest BCUT2D eigenvalue weighted by Gasteiger charge is 2.22. The Balaban J connectivity index is 2.32. The van der Waals surface area contributed by atoms with Crippen molar-refractivity contribution in [2.45, 2.75) is 115 Å². The van der Waals surface area contributed by atoms with Gasteiger partial charge in [0.2, 0.25) is 0 Å². The van der Waals surface area contributed by atoms with E-state index in [-0.39, 0.29) is 20.6 Å². The number of benzene rings is 2. The third-order valence-corrected chi connectivity index (χ3v) is 8.45. The predicted octanol–water partition coefficient (Wildman–Crippen LogP) is 7.63. The van der Waals surface area contributed by atoms with Gasteiger partial charge in [-0.15, -0.1) is 0 Å². The van der Waals surface area contributed by atoms with E-state index < -0.39 is 20.2 Å². The van der Waals surface area contributed by atoms with E-state index in [1.165, 1.54) is 25.0 Å². The lowest BCUT2D eigenvalue weighted by atomic mass is 9.97. The number of fused-ring (bicyclic) bond motifs is 1. The second-order valence-electron chi connectivity index (χ2n) is 10.9. The van der Waals surface area contributed by atoms with Crippen molar-refractivity contribution in [2.24, 2.45) is 11.8 Å². The summed E-state index contributed by atoms with van der Waals surface area (Å²) < 4.78 is 69.1. The number of aryl methyl sites for hydroxylation is 2. The van der Waals surface area contributed by atoms with Crippen LogP contribution in [-0.2, 0) is 33.1 Å². The topological polar surface area (TPSA) is 109 Å². The summed E-state index contributed by atoms with van der Waals surface area (Å²) in [7, 11) is -9.19. The van der Waals surface area contributed by atoms with Crippen molar-refractivity contribution in [3.8, 4) is 0 Å². The van der Waals surface area contributed by atoms with Crippen LogP contribution in [0.25, 0.3) is 10.8 Å². The molecule has 0 bridgehead atoms. The largest absolute Gasteiger partial charge is 0.295 e. The first-order valence-electron chi connectivity index (χ1n) is 13.3. The van der Waals surface area contributed by atoms with E-state index >= 15 is 0 Å². The van der Waals surface area contributed by atoms with Gasteiger partial charge in [-0.05, 0) is 72.9 Å². The smallest absolute Gasteiger partial charge is 0.282 e. The zero-order valence-corrected chi connectivity index (χ0v) is 23.9. The van der Waals surface area contributed by atoms with Crippen molar-refractivity contribution < 1.29 is 25.9 Å². The van der Waals surface area contributed by atoms with E-state index in [2.05, 4.69) is 27.7 Å². The average Bonchev–Trinajstić information content (AvgIpc) is 2.75. The highest BCUT2D eigenvalue weighted by molar-refractivity contribution is 7.86. The molecule has 2 aromatic carbocycles. The van der Waals surface area contributed by atoms with Gasteiger partial charge in [-0.1, -0.05) is 79.1 Å². The molecule has 0 unspecified atom stereocenters. The maximum atomic E-state index is 12.3. The predicted molar refractivity (Wildman–Crippen MR) is 147 cm³/mol. The summed E-state index contributed by atoms with van der Waals surface area (Å²) in [6.07, 6.45) is 11.5. The summed E-state index contributed by atoms with van der Waals surface area (Å²) in [5, 5.41) is 0.256. The molecule has 0 spiro atoms. The summed E-state index contributed by atoms with van der Waals surface area (Å²) in [5.41, 5.74) is 1.25. The third kappa shape index (κ3) is 10.1. The molecular formula is C28H44O6S2. The number of unbranched alkanes of at least 4 members (excludes halogenated alkanes) is 6. The molecule has 0 heterocycles. The summed E-state index contributed by atoms with van der Waals surface area (Å²) in [6.45, 7) is 8.77. The molecule has 2 rings (SSSR count). The molecule has 8 heteroatoms. The molecule has 0 radical (unpaired) electrons. The van der Waals surface area contributed by atoms with Gasteiger partial charge in [0, 0.05) is 10.8 Å². The highest BCUT2D eigenvalue weighted by atomic mass is 32.2. The molecule has 0 aliphatic rings. The number of hydrogen-bond acceptors (Lipinski definition) is 4. The molecule has 0 aliphatic carbocycles. The Kier molecular flexibility index (Phi) is 11.9. The Bertz CT molecular complexity index is 1100. The fraction of sp³-hybridized carbons (Fsp3) is 0.643. The van der Waals surface area contributed by atoms with Crippen LogP contribution in [0.3, 0.4) is 0 Å². The van der Waals surface area contributed by atoms with Gasteiger partial charge in [0.15, 0.2) is 0 Å². The Hall–Kier alpha value is -1.48. The summed E-state index contributed by atoms with van der Waals surface area (Å²) in [6, 6.07) is 6.15. The standard InChI is InChI=1S/C28H44O6S2/c1-21(2)13-9-5-7-11-15-23-17-25-26(27(19-23)35(29,30)31)18-24(20-28(25)36(32,33)34)16-12-8-6-10-14-22(3)4/h17-22H,5-16H2,1-4H3,(H,29,30,31)(H,32,33,34). The van der Waals surface area contributed by atoms with E-state index in [0.29, 0.717) is 35.8 Å². The quantitative estimate of drug-likeness (QED) is 0.167. The van der Waals surface area contributed by atoms with Crippen molar-refractivity contribution in [3.63, 3.8) is 0 Å². The van der Waals surface area contributed by atoms with E-state index in [9.17, 15) is 25.9 Å². The molecule has 0 aliphatic heterocycles. The maximum absolute atomic E-state index is 12.3. The highest BCUT2D eigenvalue weighted by Crippen LogP contribution is 2.33. The summed E-state index contributed by atoms with van der Waals surface area (Å²) in [5.74, 6) is 1.33. The molecule has 0 saturated heterocycles. The molecule has 0 aromatic heterocycles. The second kappa shape index (κ2) is 13.9. The van der Waals surface area contributed by atoms with Crippen LogP contribution in [0, 0.1) is 11.8 Å². The van der Waals surface area contributed by atoms with Crippen LogP contribution in [0.15, 0.2) is 34.1 Å². The van der Waals surface area contributed by atoms with Crippen LogP contribution in [0.4, 0.5) is 0 Å². The number of hydrogen-bond donors (Lipinski definition) is 2. The summed E-state index contributed by atoms with van der Waals surface area (Å²) >= 11 is 0. The van der Waals surface area contributed by atoms with Crippen molar-refractivity contribution in [2.75, 3.05) is 0 Å². The first kappa shape index (κ1) is 30.7. The summed E-state index contributed by atoms with van der Waals surface area (Å²) in [4.78, 5) is -0.614. The lowest BCUT2D eigenvalue weighted by Gasteiger charge is -2.14. The van der Waals surface area contributed by atoms with Gasteiger partial charge in [-0.25, -0.2) is 0 Å².